The van der Waals surface area contributed by atoms with E-state index in [4.69, 9.17) is 14.5 Å². The first-order valence-corrected chi connectivity index (χ1v) is 20.1. The first-order valence-electron chi connectivity index (χ1n) is 17.4. The van der Waals surface area contributed by atoms with Gasteiger partial charge >= 0.3 is 11.9 Å². The van der Waals surface area contributed by atoms with Crippen molar-refractivity contribution >= 4 is 53.6 Å². The number of rotatable bonds is 10. The lowest BCUT2D eigenvalue weighted by Gasteiger charge is -2.34. The molecule has 15 heteroatoms. The lowest BCUT2D eigenvalue weighted by atomic mass is 10.2. The summed E-state index contributed by atoms with van der Waals surface area (Å²) in [7, 11) is -3.35. The van der Waals surface area contributed by atoms with Gasteiger partial charge in [-0.05, 0) is 65.8 Å². The van der Waals surface area contributed by atoms with Gasteiger partial charge in [-0.15, -0.1) is 11.3 Å². The summed E-state index contributed by atoms with van der Waals surface area (Å²) in [6.45, 7) is 17.1. The van der Waals surface area contributed by atoms with Crippen LogP contribution in [-0.2, 0) is 35.6 Å². The number of aromatic nitrogens is 1. The third-order valence-corrected chi connectivity index (χ3v) is 9.96. The Kier molecular flexibility index (Phi) is 14.1. The maximum Gasteiger partial charge on any atom is 0.320 e. The number of nitrogens with one attached hydrogen (secondary N) is 1. The van der Waals surface area contributed by atoms with Crippen molar-refractivity contribution < 1.29 is 27.5 Å². The summed E-state index contributed by atoms with van der Waals surface area (Å²) < 4.78 is 38.3. The summed E-state index contributed by atoms with van der Waals surface area (Å²) in [5.74, 6) is -0.624. The predicted octanol–water partition coefficient (Wildman–Crippen LogP) is 2.76. The maximum atomic E-state index is 13.2. The van der Waals surface area contributed by atoms with Crippen LogP contribution in [0.4, 0.5) is 0 Å². The molecule has 0 saturated carbocycles. The molecule has 0 amide bonds. The fourth-order valence-electron chi connectivity index (χ4n) is 5.82. The fraction of sp³-hybridized carbons (Fsp3) is 0.611. The van der Waals surface area contributed by atoms with Crippen molar-refractivity contribution in [2.45, 2.75) is 59.3 Å². The maximum absolute atomic E-state index is 13.2. The predicted molar refractivity (Wildman–Crippen MR) is 203 cm³/mol. The van der Waals surface area contributed by atoms with Gasteiger partial charge in [-0.1, -0.05) is 12.1 Å². The number of benzene rings is 1. The number of sulfonamides is 1. The van der Waals surface area contributed by atoms with Crippen LogP contribution in [-0.4, -0.2) is 141 Å². The molecule has 0 unspecified atom stereocenters. The van der Waals surface area contributed by atoms with E-state index >= 15 is 0 Å². The average molecular weight is 747 g/mol. The van der Waals surface area contributed by atoms with Crippen molar-refractivity contribution in [2.75, 3.05) is 84.8 Å². The summed E-state index contributed by atoms with van der Waals surface area (Å²) in [5.41, 5.74) is -0.438. The zero-order valence-corrected chi connectivity index (χ0v) is 32.7. The second-order valence-electron chi connectivity index (χ2n) is 15.1. The van der Waals surface area contributed by atoms with Crippen LogP contribution >= 0.6 is 11.3 Å². The molecule has 4 rings (SSSR count). The molecular weight excluding hydrogens is 693 g/mol. The van der Waals surface area contributed by atoms with Crippen molar-refractivity contribution in [3.63, 3.8) is 0 Å². The van der Waals surface area contributed by atoms with E-state index in [0.717, 1.165) is 16.6 Å². The zero-order valence-electron chi connectivity index (χ0n) is 31.1. The highest BCUT2D eigenvalue weighted by Crippen LogP contribution is 2.23. The summed E-state index contributed by atoms with van der Waals surface area (Å²) in [6.07, 6.45) is 1.14. The number of esters is 2. The fourth-order valence-corrected chi connectivity index (χ4v) is 7.34. The number of carbonyl (C=O) groups excluding carboxylic acids is 2. The highest BCUT2D eigenvalue weighted by molar-refractivity contribution is 7.88. The molecule has 1 saturated heterocycles. The van der Waals surface area contributed by atoms with E-state index in [1.165, 1.54) is 11.3 Å². The van der Waals surface area contributed by atoms with Gasteiger partial charge in [-0.3, -0.25) is 34.0 Å². The molecule has 1 N–H and O–H groups in total. The number of nitrogens with zero attached hydrogens (tertiary/aromatic N) is 5. The Balaban J connectivity index is 1.59. The number of pyridine rings is 1. The molecule has 1 aliphatic rings. The Labute approximate surface area is 305 Å². The number of carbonyl (C=O) groups is 2. The second-order valence-corrected chi connectivity index (χ2v) is 18.0. The molecule has 13 nitrogen and oxygen atoms in total. The first-order chi connectivity index (χ1) is 23.8. The smallest absolute Gasteiger partial charge is 0.320 e. The Morgan fingerprint density at radius 1 is 0.765 bits per heavy atom. The van der Waals surface area contributed by atoms with Crippen LogP contribution in [0.15, 0.2) is 41.2 Å². The summed E-state index contributed by atoms with van der Waals surface area (Å²) >= 11 is 1.50. The van der Waals surface area contributed by atoms with Crippen LogP contribution in [0, 0.1) is 0 Å². The van der Waals surface area contributed by atoms with Crippen LogP contribution < -0.4 is 10.2 Å². The van der Waals surface area contributed by atoms with Crippen LogP contribution in [0.2, 0.25) is 0 Å². The SMILES string of the molecule is CC(C)(C)OC(=O)CN1CCN(CCNS(C)(=O)=O)CCN(CC(=O)OC(C)(C)C)CCN(Cc2ccc3c(=O)c4ccccc4sc3n2)CC1. The van der Waals surface area contributed by atoms with Crippen molar-refractivity contribution in [2.24, 2.45) is 0 Å². The molecule has 3 aromatic rings. The summed E-state index contributed by atoms with van der Waals surface area (Å²) in [4.78, 5) is 53.3. The average Bonchev–Trinajstić information content (AvgIpc) is 2.99. The van der Waals surface area contributed by atoms with Crippen LogP contribution in [0.5, 0.6) is 0 Å². The highest BCUT2D eigenvalue weighted by atomic mass is 32.2. The molecule has 1 aliphatic heterocycles. The van der Waals surface area contributed by atoms with E-state index in [-0.39, 0.29) is 37.0 Å². The Morgan fingerprint density at radius 3 is 1.80 bits per heavy atom. The Bertz CT molecular complexity index is 1770. The van der Waals surface area contributed by atoms with Crippen LogP contribution in [0.25, 0.3) is 20.3 Å². The first kappa shape index (κ1) is 40.7. The van der Waals surface area contributed by atoms with E-state index in [1.807, 2.05) is 77.9 Å². The molecule has 0 atom stereocenters. The van der Waals surface area contributed by atoms with Gasteiger partial charge in [-0.25, -0.2) is 18.1 Å². The van der Waals surface area contributed by atoms with Gasteiger partial charge in [0.05, 0.1) is 30.4 Å². The molecule has 0 bridgehead atoms. The standard InChI is InChI=1S/C36H54N6O7S2/c1-35(2,3)48-31(43)25-41-18-16-39(15-14-37-51(7,46)47)17-19-42(26-32(44)49-36(4,5)6)23-21-40(20-22-41)24-27-12-13-29-33(45)28-10-8-9-11-30(28)50-34(29)38-27/h8-13,37H,14-26H2,1-7H3. The lowest BCUT2D eigenvalue weighted by Crippen LogP contribution is -2.49. The van der Waals surface area contributed by atoms with Gasteiger partial charge in [0.15, 0.2) is 5.43 Å². The monoisotopic (exact) mass is 746 g/mol. The molecule has 51 heavy (non-hydrogen) atoms. The number of hydrogen-bond donors (Lipinski definition) is 1. The third kappa shape index (κ3) is 14.1. The highest BCUT2D eigenvalue weighted by Gasteiger charge is 2.24. The normalized spacial score (nSPS) is 17.2. The molecule has 0 spiro atoms. The minimum Gasteiger partial charge on any atom is -0.459 e. The summed E-state index contributed by atoms with van der Waals surface area (Å²) in [6, 6.07) is 11.3. The molecule has 1 aromatic carbocycles. The van der Waals surface area contributed by atoms with Crippen molar-refractivity contribution in [1.82, 2.24) is 29.3 Å². The van der Waals surface area contributed by atoms with E-state index in [0.29, 0.717) is 81.1 Å². The molecule has 1 fully saturated rings. The molecule has 2 aromatic heterocycles. The minimum absolute atomic E-state index is 0.0265. The van der Waals surface area contributed by atoms with Crippen molar-refractivity contribution in [3.05, 3.63) is 52.3 Å². The molecular formula is C36H54N6O7S2. The Hall–Kier alpha value is -3.05. The molecule has 282 valence electrons. The summed E-state index contributed by atoms with van der Waals surface area (Å²) in [5, 5.41) is 1.28. The van der Waals surface area contributed by atoms with Gasteiger partial charge in [0, 0.05) is 82.1 Å². The van der Waals surface area contributed by atoms with Gasteiger partial charge in [-0.2, -0.15) is 0 Å². The molecule has 0 aliphatic carbocycles. The number of ether oxygens (including phenoxy) is 2. The largest absolute Gasteiger partial charge is 0.459 e. The van der Waals surface area contributed by atoms with E-state index in [9.17, 15) is 22.8 Å². The van der Waals surface area contributed by atoms with E-state index in [1.54, 1.807) is 0 Å². The molecule has 0 radical (unpaired) electrons. The Morgan fingerprint density at radius 2 is 1.27 bits per heavy atom. The van der Waals surface area contributed by atoms with Gasteiger partial charge in [0.1, 0.15) is 16.0 Å². The number of hydrogen-bond acceptors (Lipinski definition) is 13. The van der Waals surface area contributed by atoms with Gasteiger partial charge in [0.2, 0.25) is 10.0 Å². The second kappa shape index (κ2) is 17.6. The van der Waals surface area contributed by atoms with Gasteiger partial charge < -0.3 is 9.47 Å². The van der Waals surface area contributed by atoms with Crippen LogP contribution in [0.3, 0.4) is 0 Å². The molecule has 3 heterocycles. The van der Waals surface area contributed by atoms with Crippen molar-refractivity contribution in [1.29, 1.82) is 0 Å². The van der Waals surface area contributed by atoms with Crippen LogP contribution in [0.1, 0.15) is 47.2 Å². The van der Waals surface area contributed by atoms with E-state index < -0.39 is 21.2 Å². The topological polar surface area (TPSA) is 142 Å². The van der Waals surface area contributed by atoms with Crippen molar-refractivity contribution in [3.8, 4) is 0 Å². The third-order valence-electron chi connectivity index (χ3n) is 8.15. The quantitative estimate of drug-likeness (QED) is 0.241. The lowest BCUT2D eigenvalue weighted by molar-refractivity contribution is -0.157. The number of fused-ring (bicyclic) bond motifs is 2. The van der Waals surface area contributed by atoms with Gasteiger partial charge in [0.25, 0.3) is 0 Å². The minimum atomic E-state index is -3.35. The van der Waals surface area contributed by atoms with E-state index in [2.05, 4.69) is 24.3 Å². The zero-order chi connectivity index (χ0) is 37.4.